The summed E-state index contributed by atoms with van der Waals surface area (Å²) in [6.45, 7) is 1.42. The minimum absolute atomic E-state index is 0.176. The van der Waals surface area contributed by atoms with E-state index in [2.05, 4.69) is 5.32 Å². The molecule has 2 N–H and O–H groups in total. The van der Waals surface area contributed by atoms with Crippen LogP contribution in [0.25, 0.3) is 6.08 Å². The number of benzene rings is 2. The van der Waals surface area contributed by atoms with Crippen molar-refractivity contribution in [2.24, 2.45) is 0 Å². The molecule has 6 nitrogen and oxygen atoms in total. The molecule has 1 aliphatic heterocycles. The third-order valence-electron chi connectivity index (χ3n) is 3.69. The quantitative estimate of drug-likeness (QED) is 0.603. The number of nitrogens with one attached hydrogen (secondary N) is 1. The normalized spacial score (nSPS) is 15.3. The number of hydrogen-bond donors (Lipinski definition) is 2. The van der Waals surface area contributed by atoms with Crippen LogP contribution >= 0.6 is 24.0 Å². The second-order valence-electron chi connectivity index (χ2n) is 5.67. The van der Waals surface area contributed by atoms with Gasteiger partial charge < -0.3 is 10.4 Å². The third-order valence-corrected chi connectivity index (χ3v) is 5.00. The Morgan fingerprint density at radius 2 is 1.74 bits per heavy atom. The monoisotopic (exact) mass is 398 g/mol. The molecular formula is C19H14N2O4S2. The van der Waals surface area contributed by atoms with Crippen molar-refractivity contribution in [3.05, 3.63) is 64.6 Å². The molecule has 1 aliphatic rings. The molecule has 136 valence electrons. The van der Waals surface area contributed by atoms with Gasteiger partial charge in [-0.2, -0.15) is 0 Å². The average Bonchev–Trinajstić information content (AvgIpc) is 2.89. The van der Waals surface area contributed by atoms with Crippen LogP contribution < -0.4 is 10.2 Å². The Kier molecular flexibility index (Phi) is 5.38. The molecule has 3 rings (SSSR count). The molecule has 0 spiro atoms. The summed E-state index contributed by atoms with van der Waals surface area (Å²) in [6, 6.07) is 13.1. The van der Waals surface area contributed by atoms with Crippen LogP contribution in [0.1, 0.15) is 22.8 Å². The third kappa shape index (κ3) is 4.24. The van der Waals surface area contributed by atoms with Crippen molar-refractivity contribution in [3.8, 4) is 0 Å². The molecule has 2 aromatic carbocycles. The van der Waals surface area contributed by atoms with Crippen molar-refractivity contribution in [1.82, 2.24) is 0 Å². The van der Waals surface area contributed by atoms with Gasteiger partial charge >= 0.3 is 5.97 Å². The molecule has 0 saturated carbocycles. The van der Waals surface area contributed by atoms with Crippen molar-refractivity contribution in [2.75, 3.05) is 10.2 Å². The number of nitrogens with zero attached hydrogens (tertiary/aromatic N) is 1. The lowest BCUT2D eigenvalue weighted by molar-refractivity contribution is -0.114. The summed E-state index contributed by atoms with van der Waals surface area (Å²) in [4.78, 5) is 36.6. The molecule has 0 aromatic heterocycles. The molecule has 8 heteroatoms. The lowest BCUT2D eigenvalue weighted by Gasteiger charge is -2.15. The Bertz CT molecular complexity index is 966. The molecular weight excluding hydrogens is 384 g/mol. The van der Waals surface area contributed by atoms with Crippen LogP contribution in [0.5, 0.6) is 0 Å². The van der Waals surface area contributed by atoms with Gasteiger partial charge in [-0.3, -0.25) is 14.5 Å². The lowest BCUT2D eigenvalue weighted by atomic mass is 10.1. The van der Waals surface area contributed by atoms with Gasteiger partial charge in [-0.05, 0) is 48.0 Å². The molecule has 1 heterocycles. The van der Waals surface area contributed by atoms with Gasteiger partial charge in [-0.25, -0.2) is 4.79 Å². The zero-order chi connectivity index (χ0) is 19.6. The maximum absolute atomic E-state index is 12.7. The highest BCUT2D eigenvalue weighted by Gasteiger charge is 2.33. The second-order valence-corrected chi connectivity index (χ2v) is 7.35. The van der Waals surface area contributed by atoms with E-state index in [0.29, 0.717) is 26.2 Å². The maximum Gasteiger partial charge on any atom is 0.335 e. The number of carboxylic acid groups (broad SMARTS) is 1. The van der Waals surface area contributed by atoms with Crippen molar-refractivity contribution < 1.29 is 19.5 Å². The predicted octanol–water partition coefficient (Wildman–Crippen LogP) is 3.75. The topological polar surface area (TPSA) is 86.7 Å². The molecule has 27 heavy (non-hydrogen) atoms. The Morgan fingerprint density at radius 1 is 1.11 bits per heavy atom. The lowest BCUT2D eigenvalue weighted by Crippen LogP contribution is -2.27. The van der Waals surface area contributed by atoms with Crippen LogP contribution in [0, 0.1) is 0 Å². The fourth-order valence-electron chi connectivity index (χ4n) is 2.46. The van der Waals surface area contributed by atoms with E-state index in [1.54, 1.807) is 42.5 Å². The standard InChI is InChI=1S/C19H14N2O4S2/c1-11(22)20-14-6-8-15(9-7-14)21-17(23)16(27-19(21)26)10-12-2-4-13(5-3-12)18(24)25/h2-10H,1H3,(H,20,22)(H,24,25)/b16-10-. The van der Waals surface area contributed by atoms with Crippen LogP contribution in [0.4, 0.5) is 11.4 Å². The van der Waals surface area contributed by atoms with E-state index in [0.717, 1.165) is 0 Å². The fourth-order valence-corrected chi connectivity index (χ4v) is 3.76. The SMILES string of the molecule is CC(=O)Nc1ccc(N2C(=O)/C(=C/c3ccc(C(=O)O)cc3)SC2=S)cc1. The van der Waals surface area contributed by atoms with Crippen LogP contribution in [0.3, 0.4) is 0 Å². The Balaban J connectivity index is 1.82. The Morgan fingerprint density at radius 3 is 2.30 bits per heavy atom. The van der Waals surface area contributed by atoms with E-state index in [9.17, 15) is 14.4 Å². The summed E-state index contributed by atoms with van der Waals surface area (Å²) in [5.74, 6) is -1.43. The smallest absolute Gasteiger partial charge is 0.335 e. The molecule has 1 saturated heterocycles. The number of amides is 2. The summed E-state index contributed by atoms with van der Waals surface area (Å²) in [5.41, 5.74) is 2.13. The van der Waals surface area contributed by atoms with Crippen LogP contribution in [-0.2, 0) is 9.59 Å². The number of carbonyl (C=O) groups is 3. The first-order valence-corrected chi connectivity index (χ1v) is 9.06. The molecule has 2 aromatic rings. The predicted molar refractivity (Wildman–Crippen MR) is 110 cm³/mol. The van der Waals surface area contributed by atoms with Crippen molar-refractivity contribution in [2.45, 2.75) is 6.92 Å². The van der Waals surface area contributed by atoms with Crippen molar-refractivity contribution in [3.63, 3.8) is 0 Å². The summed E-state index contributed by atoms with van der Waals surface area (Å²) < 4.78 is 0.403. The number of hydrogen-bond acceptors (Lipinski definition) is 5. The largest absolute Gasteiger partial charge is 0.478 e. The highest BCUT2D eigenvalue weighted by atomic mass is 32.2. The van der Waals surface area contributed by atoms with Crippen LogP contribution in [-0.4, -0.2) is 27.2 Å². The first-order valence-electron chi connectivity index (χ1n) is 7.84. The number of carbonyl (C=O) groups excluding carboxylic acids is 2. The highest BCUT2D eigenvalue weighted by molar-refractivity contribution is 8.27. The van der Waals surface area contributed by atoms with E-state index in [1.807, 2.05) is 0 Å². The van der Waals surface area contributed by atoms with E-state index >= 15 is 0 Å². The van der Waals surface area contributed by atoms with E-state index in [4.69, 9.17) is 17.3 Å². The number of aromatic carboxylic acids is 1. The minimum Gasteiger partial charge on any atom is -0.478 e. The summed E-state index contributed by atoms with van der Waals surface area (Å²) >= 11 is 6.51. The average molecular weight is 398 g/mol. The van der Waals surface area contributed by atoms with Gasteiger partial charge in [-0.1, -0.05) is 36.1 Å². The van der Waals surface area contributed by atoms with E-state index in [-0.39, 0.29) is 17.4 Å². The molecule has 0 unspecified atom stereocenters. The van der Waals surface area contributed by atoms with Gasteiger partial charge in [-0.15, -0.1) is 0 Å². The van der Waals surface area contributed by atoms with Crippen molar-refractivity contribution in [1.29, 1.82) is 0 Å². The van der Waals surface area contributed by atoms with Crippen LogP contribution in [0.2, 0.25) is 0 Å². The number of rotatable bonds is 4. The first kappa shape index (κ1) is 18.8. The van der Waals surface area contributed by atoms with Gasteiger partial charge in [0.05, 0.1) is 16.2 Å². The van der Waals surface area contributed by atoms with Crippen molar-refractivity contribution >= 4 is 63.5 Å². The summed E-state index contributed by atoms with van der Waals surface area (Å²) in [5, 5.41) is 11.6. The van der Waals surface area contributed by atoms with Gasteiger partial charge in [0, 0.05) is 12.6 Å². The van der Waals surface area contributed by atoms with Gasteiger partial charge in [0.25, 0.3) is 5.91 Å². The number of thiocarbonyl (C=S) groups is 1. The fraction of sp³-hybridized carbons (Fsp3) is 0.0526. The molecule has 0 aliphatic carbocycles. The van der Waals surface area contributed by atoms with Crippen LogP contribution in [0.15, 0.2) is 53.4 Å². The van der Waals surface area contributed by atoms with Gasteiger partial charge in [0.15, 0.2) is 4.32 Å². The molecule has 0 bridgehead atoms. The molecule has 1 fully saturated rings. The molecule has 2 amide bonds. The number of carboxylic acids is 1. The summed E-state index contributed by atoms with van der Waals surface area (Å²) in [6.07, 6.45) is 1.68. The van der Waals surface area contributed by atoms with Gasteiger partial charge in [0.1, 0.15) is 0 Å². The Hall–Kier alpha value is -2.97. The van der Waals surface area contributed by atoms with E-state index in [1.165, 1.54) is 35.7 Å². The zero-order valence-electron chi connectivity index (χ0n) is 14.1. The number of anilines is 2. The second kappa shape index (κ2) is 7.73. The molecule has 0 atom stereocenters. The number of thioether (sulfide) groups is 1. The minimum atomic E-state index is -1.00. The highest BCUT2D eigenvalue weighted by Crippen LogP contribution is 2.36. The zero-order valence-corrected chi connectivity index (χ0v) is 15.8. The maximum atomic E-state index is 12.7. The first-order chi connectivity index (χ1) is 12.8. The van der Waals surface area contributed by atoms with E-state index < -0.39 is 5.97 Å². The summed E-state index contributed by atoms with van der Waals surface area (Å²) in [7, 11) is 0. The Labute approximate surface area is 164 Å². The van der Waals surface area contributed by atoms with Gasteiger partial charge in [0.2, 0.25) is 5.91 Å². The molecule has 0 radical (unpaired) electrons.